The molecule has 0 aromatic carbocycles. The van der Waals surface area contributed by atoms with E-state index in [9.17, 15) is 40.5 Å². The number of esters is 1. The summed E-state index contributed by atoms with van der Waals surface area (Å²) in [6.07, 6.45) is 48.9. The molecule has 14 heteroatoms. The zero-order valence-corrected chi connectivity index (χ0v) is 47.4. The van der Waals surface area contributed by atoms with Gasteiger partial charge in [-0.3, -0.25) is 4.79 Å². The van der Waals surface area contributed by atoms with E-state index < -0.39 is 80.7 Å². The second-order valence-corrected chi connectivity index (χ2v) is 20.4. The minimum atomic E-state index is -1.72. The maximum absolute atomic E-state index is 13.1. The summed E-state index contributed by atoms with van der Waals surface area (Å²) in [5, 5.41) is 72.4. The molecule has 77 heavy (non-hydrogen) atoms. The summed E-state index contributed by atoms with van der Waals surface area (Å²) in [5.41, 5.74) is 0. The summed E-state index contributed by atoms with van der Waals surface area (Å²) in [6.45, 7) is 3.44. The van der Waals surface area contributed by atoms with Gasteiger partial charge in [0.1, 0.15) is 54.9 Å². The number of aliphatic hydroxyl groups is 7. The average molecular weight is 1090 g/mol. The Hall–Kier alpha value is -3.09. The molecule has 0 bridgehead atoms. The first-order valence-electron chi connectivity index (χ1n) is 29.8. The number of carbonyl (C=O) groups is 1. The van der Waals surface area contributed by atoms with Gasteiger partial charge in [0.15, 0.2) is 12.6 Å². The highest BCUT2D eigenvalue weighted by Gasteiger charge is 2.47. The van der Waals surface area contributed by atoms with Crippen molar-refractivity contribution in [3.8, 4) is 0 Å². The zero-order valence-electron chi connectivity index (χ0n) is 47.4. The van der Waals surface area contributed by atoms with Crippen LogP contribution in [0.4, 0.5) is 0 Å². The lowest BCUT2D eigenvalue weighted by atomic mass is 9.98. The Kier molecular flexibility index (Phi) is 44.4. The first kappa shape index (κ1) is 70.0. The lowest BCUT2D eigenvalue weighted by Gasteiger charge is -2.42. The van der Waals surface area contributed by atoms with Gasteiger partial charge in [0.25, 0.3) is 0 Å². The molecule has 0 spiro atoms. The minimum absolute atomic E-state index is 0.0484. The van der Waals surface area contributed by atoms with Gasteiger partial charge < -0.3 is 64.2 Å². The molecular weight excluding hydrogens is 981 g/mol. The Morgan fingerprint density at radius 2 is 0.805 bits per heavy atom. The van der Waals surface area contributed by atoms with E-state index >= 15 is 0 Å². The lowest BCUT2D eigenvalue weighted by molar-refractivity contribution is -0.332. The molecule has 2 heterocycles. The molecule has 0 aromatic heterocycles. The Balaban J connectivity index is 1.71. The molecule has 2 aliphatic heterocycles. The van der Waals surface area contributed by atoms with Crippen LogP contribution < -0.4 is 0 Å². The maximum atomic E-state index is 13.1. The van der Waals surface area contributed by atoms with Crippen molar-refractivity contribution in [2.75, 3.05) is 33.0 Å². The molecular formula is C63H106O14. The summed E-state index contributed by atoms with van der Waals surface area (Å²) in [4.78, 5) is 13.1. The van der Waals surface area contributed by atoms with E-state index in [4.69, 9.17) is 28.4 Å². The topological polar surface area (TPSA) is 214 Å². The molecule has 2 aliphatic rings. The van der Waals surface area contributed by atoms with Gasteiger partial charge in [0.2, 0.25) is 0 Å². The summed E-state index contributed by atoms with van der Waals surface area (Å²) < 4.78 is 34.4. The van der Waals surface area contributed by atoms with Crippen LogP contribution in [0.1, 0.15) is 194 Å². The van der Waals surface area contributed by atoms with Gasteiger partial charge in [0, 0.05) is 13.0 Å². The van der Waals surface area contributed by atoms with E-state index in [0.29, 0.717) is 13.0 Å². The van der Waals surface area contributed by atoms with Gasteiger partial charge in [-0.1, -0.05) is 195 Å². The minimum Gasteiger partial charge on any atom is -0.457 e. The average Bonchev–Trinajstić information content (AvgIpc) is 3.43. The number of ether oxygens (including phenoxy) is 6. The molecule has 0 amide bonds. The standard InChI is InChI=1S/C63H106O14/c1-3-5-7-9-11-13-15-17-19-21-23-24-25-26-27-28-29-30-32-34-36-38-40-42-44-46-55(65)75-52(49-72-47-45-43-41-39-37-35-33-31-22-20-18-16-14-12-10-8-6-4-2)50-73-62-61(71)59(69)57(67)54(77-62)51-74-63-60(70)58(68)56(66)53(48-64)76-63/h5-8,11-14,17-20,23-24,26-27,52-54,56-64,66-71H,3-4,9-10,15-16,21-22,25,28-51H2,1-2H3/b7-5-,8-6-,13-11-,14-12-,19-17-,20-18-,24-23-,27-26-. The fourth-order valence-electron chi connectivity index (χ4n) is 8.86. The smallest absolute Gasteiger partial charge is 0.306 e. The van der Waals surface area contributed by atoms with Gasteiger partial charge in [0.05, 0.1) is 26.4 Å². The van der Waals surface area contributed by atoms with E-state index in [1.807, 2.05) is 0 Å². The predicted octanol–water partition coefficient (Wildman–Crippen LogP) is 11.0. The van der Waals surface area contributed by atoms with Gasteiger partial charge in [-0.25, -0.2) is 0 Å². The monoisotopic (exact) mass is 1090 g/mol. The first-order chi connectivity index (χ1) is 37.6. The van der Waals surface area contributed by atoms with Crippen LogP contribution in [-0.2, 0) is 33.2 Å². The largest absolute Gasteiger partial charge is 0.457 e. The number of hydrogen-bond acceptors (Lipinski definition) is 14. The third-order valence-electron chi connectivity index (χ3n) is 13.6. The molecule has 2 rings (SSSR count). The Morgan fingerprint density at radius 1 is 0.429 bits per heavy atom. The molecule has 11 atom stereocenters. The quantitative estimate of drug-likeness (QED) is 0.0172. The highest BCUT2D eigenvalue weighted by Crippen LogP contribution is 2.26. The maximum Gasteiger partial charge on any atom is 0.306 e. The fourth-order valence-corrected chi connectivity index (χ4v) is 8.86. The molecule has 0 saturated carbocycles. The molecule has 0 aromatic rings. The van der Waals surface area contributed by atoms with Crippen LogP contribution in [0.3, 0.4) is 0 Å². The van der Waals surface area contributed by atoms with E-state index in [0.717, 1.165) is 103 Å². The summed E-state index contributed by atoms with van der Waals surface area (Å²) in [6, 6.07) is 0. The van der Waals surface area contributed by atoms with Gasteiger partial charge in [-0.2, -0.15) is 0 Å². The van der Waals surface area contributed by atoms with Gasteiger partial charge >= 0.3 is 5.97 Å². The number of unbranched alkanes of at least 4 members (excludes halogenated alkanes) is 17. The fraction of sp³-hybridized carbons (Fsp3) is 0.730. The van der Waals surface area contributed by atoms with Crippen molar-refractivity contribution in [3.63, 3.8) is 0 Å². The predicted molar refractivity (Wildman–Crippen MR) is 307 cm³/mol. The summed E-state index contributed by atoms with van der Waals surface area (Å²) in [5.74, 6) is -0.389. The molecule has 11 unspecified atom stereocenters. The Bertz CT molecular complexity index is 1640. The Labute approximate surface area is 464 Å². The third kappa shape index (κ3) is 35.3. The van der Waals surface area contributed by atoms with E-state index in [2.05, 4.69) is 111 Å². The van der Waals surface area contributed by atoms with Crippen molar-refractivity contribution >= 4 is 5.97 Å². The normalized spacial score (nSPS) is 25.0. The van der Waals surface area contributed by atoms with Crippen molar-refractivity contribution in [3.05, 3.63) is 97.2 Å². The Morgan fingerprint density at radius 3 is 1.26 bits per heavy atom. The lowest BCUT2D eigenvalue weighted by Crippen LogP contribution is -2.61. The van der Waals surface area contributed by atoms with Crippen LogP contribution in [0.5, 0.6) is 0 Å². The molecule has 0 radical (unpaired) electrons. The molecule has 2 saturated heterocycles. The van der Waals surface area contributed by atoms with E-state index in [1.54, 1.807) is 0 Å². The first-order valence-corrected chi connectivity index (χ1v) is 29.8. The summed E-state index contributed by atoms with van der Waals surface area (Å²) in [7, 11) is 0. The van der Waals surface area contributed by atoms with Crippen molar-refractivity contribution < 1.29 is 69.0 Å². The van der Waals surface area contributed by atoms with Gasteiger partial charge in [-0.15, -0.1) is 0 Å². The second-order valence-electron chi connectivity index (χ2n) is 20.4. The number of rotatable bonds is 47. The van der Waals surface area contributed by atoms with Crippen LogP contribution >= 0.6 is 0 Å². The summed E-state index contributed by atoms with van der Waals surface area (Å²) >= 11 is 0. The van der Waals surface area contributed by atoms with Crippen molar-refractivity contribution in [2.24, 2.45) is 0 Å². The second kappa shape index (κ2) is 48.8. The van der Waals surface area contributed by atoms with Crippen LogP contribution in [0, 0.1) is 0 Å². The van der Waals surface area contributed by atoms with Crippen molar-refractivity contribution in [2.45, 2.75) is 261 Å². The van der Waals surface area contributed by atoms with Gasteiger partial charge in [-0.05, 0) is 89.9 Å². The van der Waals surface area contributed by atoms with Crippen molar-refractivity contribution in [1.29, 1.82) is 0 Å². The zero-order chi connectivity index (χ0) is 55.8. The molecule has 2 fully saturated rings. The number of carbonyl (C=O) groups excluding carboxylic acids is 1. The molecule has 7 N–H and O–H groups in total. The number of allylic oxidation sites excluding steroid dienone is 16. The highest BCUT2D eigenvalue weighted by molar-refractivity contribution is 5.69. The third-order valence-corrected chi connectivity index (χ3v) is 13.6. The molecule has 0 aliphatic carbocycles. The van der Waals surface area contributed by atoms with Crippen LogP contribution in [0.25, 0.3) is 0 Å². The van der Waals surface area contributed by atoms with E-state index in [-0.39, 0.29) is 25.6 Å². The van der Waals surface area contributed by atoms with Crippen LogP contribution in [0.15, 0.2) is 97.2 Å². The molecule has 442 valence electrons. The van der Waals surface area contributed by atoms with E-state index in [1.165, 1.54) is 64.2 Å². The van der Waals surface area contributed by atoms with Crippen LogP contribution in [-0.4, -0.2) is 142 Å². The SMILES string of the molecule is CC/C=C\C/C=C\C/C=C\C/C=C\C/C=C\CCCCCCCCCCCC(=O)OC(COCCCCCCCCCC/C=C\C/C=C\C/C=C\CC)COC1OC(COC2OC(CO)C(O)C(O)C2O)C(O)C(O)C1O. The van der Waals surface area contributed by atoms with Crippen LogP contribution in [0.2, 0.25) is 0 Å². The number of hydrogen-bond donors (Lipinski definition) is 7. The molecule has 14 nitrogen and oxygen atoms in total. The van der Waals surface area contributed by atoms with Crippen molar-refractivity contribution in [1.82, 2.24) is 0 Å². The highest BCUT2D eigenvalue weighted by atomic mass is 16.7. The number of aliphatic hydroxyl groups excluding tert-OH is 7.